The number of benzene rings is 1. The van der Waals surface area contributed by atoms with Crippen LogP contribution in [0.15, 0.2) is 18.2 Å². The van der Waals surface area contributed by atoms with Gasteiger partial charge in [-0.1, -0.05) is 39.0 Å². The molecule has 0 amide bonds. The molecule has 0 unspecified atom stereocenters. The standard InChI is InChI=1S/C13H21NO2/c1-13(2,3)11-7-5-6-10(8-9-16-14)12(11)15-4/h5-7H,8-9,14H2,1-4H3. The summed E-state index contributed by atoms with van der Waals surface area (Å²) in [5.74, 6) is 6.00. The number of methoxy groups -OCH3 is 1. The van der Waals surface area contributed by atoms with E-state index < -0.39 is 0 Å². The van der Waals surface area contributed by atoms with Gasteiger partial charge in [-0.05, 0) is 16.5 Å². The second-order valence-electron chi connectivity index (χ2n) is 4.87. The highest BCUT2D eigenvalue weighted by atomic mass is 16.6. The minimum atomic E-state index is 0.0743. The van der Waals surface area contributed by atoms with Crippen molar-refractivity contribution < 1.29 is 9.57 Å². The summed E-state index contributed by atoms with van der Waals surface area (Å²) in [6.07, 6.45) is 0.767. The van der Waals surface area contributed by atoms with Crippen molar-refractivity contribution in [2.75, 3.05) is 13.7 Å². The third-order valence-electron chi connectivity index (χ3n) is 2.60. The van der Waals surface area contributed by atoms with Crippen LogP contribution in [0.4, 0.5) is 0 Å². The lowest BCUT2D eigenvalue weighted by atomic mass is 9.85. The minimum absolute atomic E-state index is 0.0743. The molecule has 90 valence electrons. The fourth-order valence-corrected chi connectivity index (χ4v) is 1.78. The molecule has 3 nitrogen and oxygen atoms in total. The Bertz CT molecular complexity index is 342. The number of hydrogen-bond acceptors (Lipinski definition) is 3. The van der Waals surface area contributed by atoms with Crippen molar-refractivity contribution in [2.45, 2.75) is 32.6 Å². The second kappa shape index (κ2) is 5.32. The predicted octanol–water partition coefficient (Wildman–Crippen LogP) is 2.43. The van der Waals surface area contributed by atoms with E-state index in [-0.39, 0.29) is 5.41 Å². The molecule has 0 aromatic heterocycles. The van der Waals surface area contributed by atoms with E-state index in [9.17, 15) is 0 Å². The quantitative estimate of drug-likeness (QED) is 0.797. The van der Waals surface area contributed by atoms with Gasteiger partial charge in [-0.25, -0.2) is 5.90 Å². The molecular weight excluding hydrogens is 202 g/mol. The van der Waals surface area contributed by atoms with E-state index in [2.05, 4.69) is 37.7 Å². The second-order valence-corrected chi connectivity index (χ2v) is 4.87. The van der Waals surface area contributed by atoms with Crippen molar-refractivity contribution in [1.29, 1.82) is 0 Å². The zero-order valence-corrected chi connectivity index (χ0v) is 10.5. The molecule has 0 atom stereocenters. The largest absolute Gasteiger partial charge is 0.496 e. The van der Waals surface area contributed by atoms with Crippen molar-refractivity contribution in [2.24, 2.45) is 5.90 Å². The van der Waals surface area contributed by atoms with Gasteiger partial charge in [0.1, 0.15) is 5.75 Å². The van der Waals surface area contributed by atoms with Crippen molar-refractivity contribution >= 4 is 0 Å². The Morgan fingerprint density at radius 1 is 1.25 bits per heavy atom. The third-order valence-corrected chi connectivity index (χ3v) is 2.60. The topological polar surface area (TPSA) is 44.5 Å². The highest BCUT2D eigenvalue weighted by Crippen LogP contribution is 2.33. The molecular formula is C13H21NO2. The smallest absolute Gasteiger partial charge is 0.125 e. The molecule has 0 spiro atoms. The van der Waals surface area contributed by atoms with Gasteiger partial charge in [0.2, 0.25) is 0 Å². The fraction of sp³-hybridized carbons (Fsp3) is 0.538. The van der Waals surface area contributed by atoms with Gasteiger partial charge in [0.05, 0.1) is 13.7 Å². The number of ether oxygens (including phenoxy) is 1. The zero-order chi connectivity index (χ0) is 12.2. The minimum Gasteiger partial charge on any atom is -0.496 e. The van der Waals surface area contributed by atoms with E-state index in [1.807, 2.05) is 6.07 Å². The highest BCUT2D eigenvalue weighted by Gasteiger charge is 2.20. The molecule has 0 radical (unpaired) electrons. The Morgan fingerprint density at radius 2 is 1.94 bits per heavy atom. The van der Waals surface area contributed by atoms with Gasteiger partial charge in [-0.3, -0.25) is 0 Å². The Morgan fingerprint density at radius 3 is 2.44 bits per heavy atom. The number of hydrogen-bond donors (Lipinski definition) is 1. The van der Waals surface area contributed by atoms with Crippen LogP contribution in [-0.2, 0) is 16.7 Å². The van der Waals surface area contributed by atoms with Crippen LogP contribution in [0.1, 0.15) is 31.9 Å². The van der Waals surface area contributed by atoms with Crippen LogP contribution in [0.2, 0.25) is 0 Å². The van der Waals surface area contributed by atoms with E-state index >= 15 is 0 Å². The number of para-hydroxylation sites is 1. The van der Waals surface area contributed by atoms with E-state index in [1.165, 1.54) is 5.56 Å². The van der Waals surface area contributed by atoms with E-state index in [0.717, 1.165) is 17.7 Å². The summed E-state index contributed by atoms with van der Waals surface area (Å²) in [5.41, 5.74) is 2.43. The van der Waals surface area contributed by atoms with Gasteiger partial charge in [-0.15, -0.1) is 0 Å². The van der Waals surface area contributed by atoms with E-state index in [0.29, 0.717) is 6.61 Å². The molecule has 1 aromatic carbocycles. The van der Waals surface area contributed by atoms with Crippen LogP contribution in [0.3, 0.4) is 0 Å². The van der Waals surface area contributed by atoms with E-state index in [1.54, 1.807) is 7.11 Å². The van der Waals surface area contributed by atoms with Crippen LogP contribution in [-0.4, -0.2) is 13.7 Å². The Hall–Kier alpha value is -1.06. The Kier molecular flexibility index (Phi) is 4.33. The molecule has 2 N–H and O–H groups in total. The van der Waals surface area contributed by atoms with Gasteiger partial charge < -0.3 is 9.57 Å². The summed E-state index contributed by atoms with van der Waals surface area (Å²) < 4.78 is 5.50. The molecule has 0 saturated carbocycles. The van der Waals surface area contributed by atoms with Crippen LogP contribution in [0.25, 0.3) is 0 Å². The maximum atomic E-state index is 5.50. The Balaban J connectivity index is 3.11. The first-order chi connectivity index (χ1) is 7.50. The number of nitrogens with two attached hydrogens (primary N) is 1. The lowest BCUT2D eigenvalue weighted by Gasteiger charge is -2.23. The van der Waals surface area contributed by atoms with Crippen molar-refractivity contribution in [3.8, 4) is 5.75 Å². The lowest BCUT2D eigenvalue weighted by Crippen LogP contribution is -2.14. The van der Waals surface area contributed by atoms with Crippen LogP contribution < -0.4 is 10.6 Å². The molecule has 16 heavy (non-hydrogen) atoms. The highest BCUT2D eigenvalue weighted by molar-refractivity contribution is 5.45. The molecule has 0 bridgehead atoms. The molecule has 1 aromatic rings. The van der Waals surface area contributed by atoms with E-state index in [4.69, 9.17) is 10.6 Å². The first-order valence-electron chi connectivity index (χ1n) is 5.48. The van der Waals surface area contributed by atoms with Crippen LogP contribution in [0.5, 0.6) is 5.75 Å². The molecule has 0 aliphatic rings. The van der Waals surface area contributed by atoms with Gasteiger partial charge in [0, 0.05) is 6.42 Å². The lowest BCUT2D eigenvalue weighted by molar-refractivity contribution is 0.140. The van der Waals surface area contributed by atoms with Gasteiger partial charge in [-0.2, -0.15) is 0 Å². The third kappa shape index (κ3) is 2.97. The van der Waals surface area contributed by atoms with Crippen LogP contribution >= 0.6 is 0 Å². The summed E-state index contributed by atoms with van der Waals surface area (Å²) in [7, 11) is 1.71. The predicted molar refractivity (Wildman–Crippen MR) is 65.5 cm³/mol. The molecule has 0 aliphatic carbocycles. The average molecular weight is 223 g/mol. The molecule has 1 rings (SSSR count). The molecule has 0 fully saturated rings. The maximum absolute atomic E-state index is 5.50. The molecule has 0 aliphatic heterocycles. The van der Waals surface area contributed by atoms with Gasteiger partial charge in [0.15, 0.2) is 0 Å². The monoisotopic (exact) mass is 223 g/mol. The Labute approximate surface area is 97.5 Å². The average Bonchev–Trinajstić information content (AvgIpc) is 2.24. The first kappa shape index (κ1) is 13.0. The summed E-state index contributed by atoms with van der Waals surface area (Å²) in [6.45, 7) is 7.03. The normalized spacial score (nSPS) is 11.6. The maximum Gasteiger partial charge on any atom is 0.125 e. The number of rotatable bonds is 4. The molecule has 0 saturated heterocycles. The SMILES string of the molecule is COc1c(CCON)cccc1C(C)(C)C. The fourth-order valence-electron chi connectivity index (χ4n) is 1.78. The summed E-state index contributed by atoms with van der Waals surface area (Å²) in [6, 6.07) is 6.20. The van der Waals surface area contributed by atoms with Crippen molar-refractivity contribution in [3.63, 3.8) is 0 Å². The first-order valence-corrected chi connectivity index (χ1v) is 5.48. The summed E-state index contributed by atoms with van der Waals surface area (Å²) in [4.78, 5) is 4.62. The van der Waals surface area contributed by atoms with Gasteiger partial charge >= 0.3 is 0 Å². The van der Waals surface area contributed by atoms with Gasteiger partial charge in [0.25, 0.3) is 0 Å². The summed E-state index contributed by atoms with van der Waals surface area (Å²) >= 11 is 0. The van der Waals surface area contributed by atoms with Crippen molar-refractivity contribution in [3.05, 3.63) is 29.3 Å². The summed E-state index contributed by atoms with van der Waals surface area (Å²) in [5, 5.41) is 0. The van der Waals surface area contributed by atoms with Crippen molar-refractivity contribution in [1.82, 2.24) is 0 Å². The zero-order valence-electron chi connectivity index (χ0n) is 10.5. The molecule has 0 heterocycles. The molecule has 3 heteroatoms. The van der Waals surface area contributed by atoms with Crippen LogP contribution in [0, 0.1) is 0 Å².